The zero-order chi connectivity index (χ0) is 21.7. The van der Waals surface area contributed by atoms with E-state index in [2.05, 4.69) is 29.2 Å². The molecule has 3 N–H and O–H groups in total. The van der Waals surface area contributed by atoms with Gasteiger partial charge in [0.25, 0.3) is 5.91 Å². The number of primary amides is 1. The molecule has 1 aliphatic heterocycles. The van der Waals surface area contributed by atoms with E-state index in [1.807, 2.05) is 11.5 Å². The Balaban J connectivity index is 1.86. The summed E-state index contributed by atoms with van der Waals surface area (Å²) in [6.07, 6.45) is 0. The maximum absolute atomic E-state index is 13.1. The monoisotopic (exact) mass is 430 g/mol. The standard InChI is InChI=1S/C20H23ClN6O3/c1-5-26-17(15(21)10(4)25-26)19(29)24-20-23-12-6-11(18(22)28)7-14-16(12)27(20)13(8-30-14)9(2)3/h6-7,9,13H,5,8H2,1-4H3,(H2,22,28)(H,23,24,29)/t13-/m1/s1. The van der Waals surface area contributed by atoms with E-state index >= 15 is 0 Å². The summed E-state index contributed by atoms with van der Waals surface area (Å²) >= 11 is 6.33. The summed E-state index contributed by atoms with van der Waals surface area (Å²) < 4.78 is 9.42. The van der Waals surface area contributed by atoms with Gasteiger partial charge in [-0.1, -0.05) is 25.4 Å². The van der Waals surface area contributed by atoms with E-state index in [0.717, 1.165) is 0 Å². The fourth-order valence-electron chi connectivity index (χ4n) is 3.76. The van der Waals surface area contributed by atoms with Crippen LogP contribution in [-0.2, 0) is 6.54 Å². The summed E-state index contributed by atoms with van der Waals surface area (Å²) in [5.74, 6) is 0.113. The lowest BCUT2D eigenvalue weighted by atomic mass is 10.0. The molecule has 1 aliphatic rings. The first-order chi connectivity index (χ1) is 14.2. The average Bonchev–Trinajstić information content (AvgIpc) is 3.20. The van der Waals surface area contributed by atoms with Crippen molar-refractivity contribution >= 4 is 40.4 Å². The van der Waals surface area contributed by atoms with Gasteiger partial charge in [-0.2, -0.15) is 5.10 Å². The molecule has 158 valence electrons. The first-order valence-corrected chi connectivity index (χ1v) is 10.1. The van der Waals surface area contributed by atoms with E-state index in [4.69, 9.17) is 22.1 Å². The second kappa shape index (κ2) is 7.32. The fraction of sp³-hybridized carbons (Fsp3) is 0.400. The largest absolute Gasteiger partial charge is 0.489 e. The van der Waals surface area contributed by atoms with Crippen molar-refractivity contribution in [3.63, 3.8) is 0 Å². The van der Waals surface area contributed by atoms with Crippen LogP contribution >= 0.6 is 11.6 Å². The van der Waals surface area contributed by atoms with Crippen LogP contribution in [0.2, 0.25) is 5.02 Å². The highest BCUT2D eigenvalue weighted by Gasteiger charge is 2.31. The summed E-state index contributed by atoms with van der Waals surface area (Å²) in [5, 5.41) is 7.50. The summed E-state index contributed by atoms with van der Waals surface area (Å²) in [7, 11) is 0. The topological polar surface area (TPSA) is 117 Å². The second-order valence-corrected chi connectivity index (χ2v) is 8.03. The molecular formula is C20H23ClN6O3. The van der Waals surface area contributed by atoms with Crippen molar-refractivity contribution in [1.82, 2.24) is 19.3 Å². The van der Waals surface area contributed by atoms with Crippen molar-refractivity contribution in [2.75, 3.05) is 11.9 Å². The number of aryl methyl sites for hydroxylation is 2. The lowest BCUT2D eigenvalue weighted by molar-refractivity contribution is 0.0995. The number of aromatic nitrogens is 4. The number of nitrogens with two attached hydrogens (primary N) is 1. The lowest BCUT2D eigenvalue weighted by Gasteiger charge is -2.30. The van der Waals surface area contributed by atoms with Gasteiger partial charge in [0.15, 0.2) is 0 Å². The highest BCUT2D eigenvalue weighted by molar-refractivity contribution is 6.34. The zero-order valence-corrected chi connectivity index (χ0v) is 17.9. The molecule has 9 nitrogen and oxygen atoms in total. The summed E-state index contributed by atoms with van der Waals surface area (Å²) in [6, 6.07) is 3.16. The fourth-order valence-corrected chi connectivity index (χ4v) is 3.99. The Morgan fingerprint density at radius 1 is 1.40 bits per heavy atom. The van der Waals surface area contributed by atoms with Gasteiger partial charge in [0.05, 0.1) is 22.3 Å². The van der Waals surface area contributed by atoms with E-state index in [-0.39, 0.29) is 17.7 Å². The minimum Gasteiger partial charge on any atom is -0.489 e. The molecule has 10 heteroatoms. The van der Waals surface area contributed by atoms with Gasteiger partial charge in [-0.15, -0.1) is 0 Å². The third-order valence-corrected chi connectivity index (χ3v) is 5.79. The molecule has 0 radical (unpaired) electrons. The first-order valence-electron chi connectivity index (χ1n) is 9.75. The predicted molar refractivity (Wildman–Crippen MR) is 113 cm³/mol. The van der Waals surface area contributed by atoms with Crippen LogP contribution in [0.4, 0.5) is 5.95 Å². The average molecular weight is 431 g/mol. The minimum atomic E-state index is -0.572. The number of anilines is 1. The van der Waals surface area contributed by atoms with Gasteiger partial charge in [-0.25, -0.2) is 4.98 Å². The van der Waals surface area contributed by atoms with Crippen molar-refractivity contribution < 1.29 is 14.3 Å². The minimum absolute atomic E-state index is 0.0504. The van der Waals surface area contributed by atoms with E-state index in [1.165, 1.54) is 0 Å². The molecule has 0 saturated heterocycles. The maximum atomic E-state index is 13.1. The molecule has 1 aromatic carbocycles. The van der Waals surface area contributed by atoms with E-state index in [0.29, 0.717) is 52.2 Å². The molecule has 2 aromatic heterocycles. The number of halogens is 1. The molecule has 0 saturated carbocycles. The summed E-state index contributed by atoms with van der Waals surface area (Å²) in [4.78, 5) is 29.4. The molecule has 3 heterocycles. The number of carbonyl (C=O) groups excluding carboxylic acids is 2. The lowest BCUT2D eigenvalue weighted by Crippen LogP contribution is -2.29. The van der Waals surface area contributed by atoms with Crippen molar-refractivity contribution in [3.05, 3.63) is 34.1 Å². The van der Waals surface area contributed by atoms with Crippen LogP contribution in [0.1, 0.15) is 53.4 Å². The Morgan fingerprint density at radius 3 is 2.77 bits per heavy atom. The summed E-state index contributed by atoms with van der Waals surface area (Å²) in [6.45, 7) is 8.66. The quantitative estimate of drug-likeness (QED) is 0.644. The van der Waals surface area contributed by atoms with Gasteiger partial charge in [-0.3, -0.25) is 24.2 Å². The van der Waals surface area contributed by atoms with E-state index < -0.39 is 11.8 Å². The molecule has 0 spiro atoms. The number of rotatable bonds is 5. The Hall–Kier alpha value is -3.07. The molecule has 0 unspecified atom stereocenters. The third kappa shape index (κ3) is 3.09. The van der Waals surface area contributed by atoms with Crippen LogP contribution in [0.3, 0.4) is 0 Å². The van der Waals surface area contributed by atoms with Gasteiger partial charge >= 0.3 is 0 Å². The molecule has 0 bridgehead atoms. The van der Waals surface area contributed by atoms with Crippen LogP contribution in [0, 0.1) is 12.8 Å². The number of benzene rings is 1. The van der Waals surface area contributed by atoms with Crippen molar-refractivity contribution in [3.8, 4) is 5.75 Å². The highest BCUT2D eigenvalue weighted by Crippen LogP contribution is 2.39. The molecule has 0 aliphatic carbocycles. The van der Waals surface area contributed by atoms with Crippen LogP contribution in [0.15, 0.2) is 12.1 Å². The van der Waals surface area contributed by atoms with Crippen molar-refractivity contribution in [2.45, 2.75) is 40.3 Å². The number of ether oxygens (including phenoxy) is 1. The van der Waals surface area contributed by atoms with Gasteiger partial charge in [0.2, 0.25) is 11.9 Å². The van der Waals surface area contributed by atoms with Gasteiger partial charge in [-0.05, 0) is 31.9 Å². The maximum Gasteiger partial charge on any atom is 0.277 e. The van der Waals surface area contributed by atoms with E-state index in [1.54, 1.807) is 23.7 Å². The normalized spacial score (nSPS) is 15.5. The van der Waals surface area contributed by atoms with Gasteiger partial charge in [0.1, 0.15) is 23.6 Å². The molecule has 4 rings (SSSR count). The van der Waals surface area contributed by atoms with Crippen LogP contribution in [0.5, 0.6) is 5.75 Å². The number of nitrogens with zero attached hydrogens (tertiary/aromatic N) is 4. The molecule has 0 fully saturated rings. The SMILES string of the molecule is CCn1nc(C)c(Cl)c1C(=O)Nc1nc2cc(C(N)=O)cc3c2n1[C@@H](C(C)C)CO3. The zero-order valence-electron chi connectivity index (χ0n) is 17.2. The van der Waals surface area contributed by atoms with Gasteiger partial charge < -0.3 is 10.5 Å². The second-order valence-electron chi connectivity index (χ2n) is 7.65. The van der Waals surface area contributed by atoms with E-state index in [9.17, 15) is 9.59 Å². The van der Waals surface area contributed by atoms with Gasteiger partial charge in [0, 0.05) is 12.1 Å². The number of imidazole rings is 1. The Bertz CT molecular complexity index is 1180. The Labute approximate surface area is 178 Å². The van der Waals surface area contributed by atoms with Crippen LogP contribution in [-0.4, -0.2) is 37.8 Å². The van der Waals surface area contributed by atoms with Crippen LogP contribution in [0.25, 0.3) is 11.0 Å². The first kappa shape index (κ1) is 20.2. The number of hydrogen-bond acceptors (Lipinski definition) is 5. The Kier molecular flexibility index (Phi) is 4.93. The number of carbonyl (C=O) groups is 2. The molecular weight excluding hydrogens is 408 g/mol. The molecule has 3 aromatic rings. The molecule has 30 heavy (non-hydrogen) atoms. The Morgan fingerprint density at radius 2 is 2.13 bits per heavy atom. The third-order valence-electron chi connectivity index (χ3n) is 5.34. The number of amides is 2. The number of nitrogens with one attached hydrogen (secondary N) is 1. The van der Waals surface area contributed by atoms with Crippen LogP contribution < -0.4 is 15.8 Å². The van der Waals surface area contributed by atoms with Crippen molar-refractivity contribution in [2.24, 2.45) is 11.7 Å². The smallest absolute Gasteiger partial charge is 0.277 e. The molecule has 2 amide bonds. The number of hydrogen-bond donors (Lipinski definition) is 2. The van der Waals surface area contributed by atoms with Crippen molar-refractivity contribution in [1.29, 1.82) is 0 Å². The summed E-state index contributed by atoms with van der Waals surface area (Å²) in [5.41, 5.74) is 7.85. The highest BCUT2D eigenvalue weighted by atomic mass is 35.5. The predicted octanol–water partition coefficient (Wildman–Crippen LogP) is 3.16. The molecule has 1 atom stereocenters.